The van der Waals surface area contributed by atoms with E-state index >= 15 is 0 Å². The molecule has 0 amide bonds. The Hall–Kier alpha value is -0.0900. The molecule has 0 heterocycles. The number of hydrogen-bond acceptors (Lipinski definition) is 2. The fraction of sp³-hybridized carbons (Fsp3) is 1.00. The smallest absolute Gasteiger partial charge is 0.208 e. The van der Waals surface area contributed by atoms with Crippen LogP contribution in [0.3, 0.4) is 0 Å². The zero-order valence-electron chi connectivity index (χ0n) is 7.71. The second-order valence-electron chi connectivity index (χ2n) is 3.86. The molecule has 1 N–H and O–H groups in total. The molecule has 0 unspecified atom stereocenters. The number of hydrogen-bond donors (Lipinski definition) is 1. The minimum absolute atomic E-state index is 0.184. The van der Waals surface area contributed by atoms with E-state index in [0.29, 0.717) is 5.92 Å². The second-order valence-corrected chi connectivity index (χ2v) is 5.64. The van der Waals surface area contributed by atoms with Crippen molar-refractivity contribution in [1.82, 2.24) is 4.72 Å². The van der Waals surface area contributed by atoms with Gasteiger partial charge in [-0.25, -0.2) is 13.1 Å². The lowest BCUT2D eigenvalue weighted by atomic mass is 9.88. The van der Waals surface area contributed by atoms with Gasteiger partial charge in [0.15, 0.2) is 0 Å². The van der Waals surface area contributed by atoms with Crippen molar-refractivity contribution in [2.45, 2.75) is 38.6 Å². The van der Waals surface area contributed by atoms with Gasteiger partial charge >= 0.3 is 0 Å². The van der Waals surface area contributed by atoms with Gasteiger partial charge in [0.25, 0.3) is 0 Å². The molecule has 0 aromatic rings. The van der Waals surface area contributed by atoms with Gasteiger partial charge < -0.3 is 0 Å². The van der Waals surface area contributed by atoms with Gasteiger partial charge in [0.2, 0.25) is 10.0 Å². The van der Waals surface area contributed by atoms with Crippen molar-refractivity contribution >= 4 is 10.0 Å². The zero-order chi connectivity index (χ0) is 9.19. The molecule has 4 heteroatoms. The average molecular weight is 191 g/mol. The molecule has 1 saturated carbocycles. The molecule has 2 atom stereocenters. The van der Waals surface area contributed by atoms with Crippen LogP contribution in [0.2, 0.25) is 0 Å². The SMILES string of the molecule is C[C@H]1CCC[C@H](NS(C)(=O)=O)C1. The highest BCUT2D eigenvalue weighted by molar-refractivity contribution is 7.88. The lowest BCUT2D eigenvalue weighted by Gasteiger charge is -2.26. The molecular weight excluding hydrogens is 174 g/mol. The molecular formula is C8H17NO2S. The van der Waals surface area contributed by atoms with E-state index in [-0.39, 0.29) is 6.04 Å². The van der Waals surface area contributed by atoms with Crippen molar-refractivity contribution in [3.8, 4) is 0 Å². The Morgan fingerprint density at radius 1 is 1.33 bits per heavy atom. The number of nitrogens with one attached hydrogen (secondary N) is 1. The van der Waals surface area contributed by atoms with Gasteiger partial charge in [0.1, 0.15) is 0 Å². The van der Waals surface area contributed by atoms with Gasteiger partial charge in [-0.2, -0.15) is 0 Å². The molecule has 0 spiro atoms. The predicted octanol–water partition coefficient (Wildman–Crippen LogP) is 1.11. The standard InChI is InChI=1S/C8H17NO2S/c1-7-4-3-5-8(6-7)9-12(2,10)11/h7-9H,3-6H2,1-2H3/t7-,8-/m0/s1. The van der Waals surface area contributed by atoms with E-state index in [0.717, 1.165) is 19.3 Å². The summed E-state index contributed by atoms with van der Waals surface area (Å²) in [5.74, 6) is 0.665. The first-order valence-corrected chi connectivity index (χ1v) is 6.34. The molecule has 0 aromatic carbocycles. The summed E-state index contributed by atoms with van der Waals surface area (Å²) in [7, 11) is -3.00. The van der Waals surface area contributed by atoms with Crippen LogP contribution in [0.15, 0.2) is 0 Å². The normalized spacial score (nSPS) is 31.8. The summed E-state index contributed by atoms with van der Waals surface area (Å²) in [4.78, 5) is 0. The summed E-state index contributed by atoms with van der Waals surface area (Å²) in [5.41, 5.74) is 0. The Labute approximate surface area is 74.6 Å². The van der Waals surface area contributed by atoms with Crippen LogP contribution in [0, 0.1) is 5.92 Å². The van der Waals surface area contributed by atoms with E-state index in [1.807, 2.05) is 0 Å². The zero-order valence-corrected chi connectivity index (χ0v) is 8.52. The third kappa shape index (κ3) is 3.54. The fourth-order valence-corrected chi connectivity index (χ4v) is 2.66. The van der Waals surface area contributed by atoms with Crippen molar-refractivity contribution in [2.24, 2.45) is 5.92 Å². The Morgan fingerprint density at radius 3 is 2.50 bits per heavy atom. The maximum Gasteiger partial charge on any atom is 0.208 e. The van der Waals surface area contributed by atoms with Crippen LogP contribution in [-0.4, -0.2) is 20.7 Å². The van der Waals surface area contributed by atoms with Crippen LogP contribution < -0.4 is 4.72 Å². The number of sulfonamides is 1. The van der Waals surface area contributed by atoms with Crippen LogP contribution in [-0.2, 0) is 10.0 Å². The first-order valence-electron chi connectivity index (χ1n) is 4.44. The van der Waals surface area contributed by atoms with Crippen LogP contribution in [0.25, 0.3) is 0 Å². The van der Waals surface area contributed by atoms with E-state index in [1.54, 1.807) is 0 Å². The molecule has 0 bridgehead atoms. The Morgan fingerprint density at radius 2 is 2.00 bits per heavy atom. The highest BCUT2D eigenvalue weighted by Gasteiger charge is 2.20. The molecule has 12 heavy (non-hydrogen) atoms. The lowest BCUT2D eigenvalue weighted by molar-refractivity contribution is 0.328. The largest absolute Gasteiger partial charge is 0.213 e. The molecule has 1 fully saturated rings. The lowest BCUT2D eigenvalue weighted by Crippen LogP contribution is -2.37. The minimum Gasteiger partial charge on any atom is -0.213 e. The first-order chi connectivity index (χ1) is 5.47. The summed E-state index contributed by atoms with van der Waals surface area (Å²) in [6.45, 7) is 2.18. The first kappa shape index (κ1) is 9.99. The fourth-order valence-electron chi connectivity index (χ4n) is 1.84. The molecule has 1 rings (SSSR count). The predicted molar refractivity (Wildman–Crippen MR) is 49.4 cm³/mol. The molecule has 0 aromatic heterocycles. The summed E-state index contributed by atoms with van der Waals surface area (Å²) in [5, 5.41) is 0. The van der Waals surface area contributed by atoms with Gasteiger partial charge in [-0.05, 0) is 18.8 Å². The Bertz CT molecular complexity index is 235. The summed E-state index contributed by atoms with van der Waals surface area (Å²) < 4.78 is 24.5. The summed E-state index contributed by atoms with van der Waals surface area (Å²) in [6.07, 6.45) is 5.60. The Balaban J connectivity index is 2.43. The van der Waals surface area contributed by atoms with Crippen LogP contribution >= 0.6 is 0 Å². The van der Waals surface area contributed by atoms with Gasteiger partial charge in [-0.3, -0.25) is 0 Å². The van der Waals surface area contributed by atoms with Gasteiger partial charge in [0, 0.05) is 6.04 Å². The van der Waals surface area contributed by atoms with Crippen LogP contribution in [0.1, 0.15) is 32.6 Å². The van der Waals surface area contributed by atoms with Crippen molar-refractivity contribution in [1.29, 1.82) is 0 Å². The maximum atomic E-state index is 10.9. The summed E-state index contributed by atoms with van der Waals surface area (Å²) in [6, 6.07) is 0.184. The highest BCUT2D eigenvalue weighted by Crippen LogP contribution is 2.23. The van der Waals surface area contributed by atoms with E-state index in [2.05, 4.69) is 11.6 Å². The van der Waals surface area contributed by atoms with E-state index in [9.17, 15) is 8.42 Å². The molecule has 0 aliphatic heterocycles. The van der Waals surface area contributed by atoms with E-state index < -0.39 is 10.0 Å². The van der Waals surface area contributed by atoms with Crippen molar-refractivity contribution in [3.63, 3.8) is 0 Å². The van der Waals surface area contributed by atoms with Crippen molar-refractivity contribution < 1.29 is 8.42 Å². The number of rotatable bonds is 2. The maximum absolute atomic E-state index is 10.9. The third-order valence-electron chi connectivity index (χ3n) is 2.32. The molecule has 0 radical (unpaired) electrons. The van der Waals surface area contributed by atoms with Gasteiger partial charge in [-0.1, -0.05) is 19.8 Å². The topological polar surface area (TPSA) is 46.2 Å². The second kappa shape index (κ2) is 3.75. The van der Waals surface area contributed by atoms with E-state index in [4.69, 9.17) is 0 Å². The Kier molecular flexibility index (Phi) is 3.12. The van der Waals surface area contributed by atoms with Gasteiger partial charge in [0.05, 0.1) is 6.26 Å². The molecule has 1 aliphatic carbocycles. The summed E-state index contributed by atoms with van der Waals surface area (Å²) >= 11 is 0. The third-order valence-corrected chi connectivity index (χ3v) is 3.08. The monoisotopic (exact) mass is 191 g/mol. The quantitative estimate of drug-likeness (QED) is 0.711. The average Bonchev–Trinajstić information content (AvgIpc) is 1.82. The molecule has 1 aliphatic rings. The minimum atomic E-state index is -3.00. The van der Waals surface area contributed by atoms with Crippen molar-refractivity contribution in [2.75, 3.05) is 6.26 Å². The van der Waals surface area contributed by atoms with Crippen LogP contribution in [0.4, 0.5) is 0 Å². The van der Waals surface area contributed by atoms with Gasteiger partial charge in [-0.15, -0.1) is 0 Å². The highest BCUT2D eigenvalue weighted by atomic mass is 32.2. The molecule has 0 saturated heterocycles. The molecule has 72 valence electrons. The van der Waals surface area contributed by atoms with Crippen LogP contribution in [0.5, 0.6) is 0 Å². The molecule has 3 nitrogen and oxygen atoms in total. The van der Waals surface area contributed by atoms with E-state index in [1.165, 1.54) is 12.7 Å². The van der Waals surface area contributed by atoms with Crippen molar-refractivity contribution in [3.05, 3.63) is 0 Å².